The second-order valence-electron chi connectivity index (χ2n) is 10.9. The molecule has 2 aromatic carbocycles. The third kappa shape index (κ3) is 5.82. The molecule has 6 rings (SSSR count). The number of carbonyl (C=O) groups is 2. The van der Waals surface area contributed by atoms with E-state index in [1.54, 1.807) is 6.33 Å². The number of ether oxygens (including phenoxy) is 2. The van der Waals surface area contributed by atoms with E-state index in [0.29, 0.717) is 62.0 Å². The van der Waals surface area contributed by atoms with E-state index < -0.39 is 6.09 Å². The summed E-state index contributed by atoms with van der Waals surface area (Å²) in [6.07, 6.45) is 4.65. The number of nitrogens with two attached hydrogens (primary N) is 1. The minimum absolute atomic E-state index is 0.0723. The van der Waals surface area contributed by atoms with E-state index in [-0.39, 0.29) is 24.1 Å². The average Bonchev–Trinajstić information content (AvgIpc) is 3.60. The zero-order valence-electron chi connectivity index (χ0n) is 23.7. The fraction of sp³-hybridized carbons (Fsp3) is 0.419. The molecule has 3 N–H and O–H groups in total. The second-order valence-corrected chi connectivity index (χ2v) is 10.9. The number of amides is 2. The van der Waals surface area contributed by atoms with E-state index in [1.807, 2.05) is 64.9 Å². The number of primary amides is 1. The molecule has 2 amide bonds. The molecule has 1 aliphatic carbocycles. The van der Waals surface area contributed by atoms with Crippen LogP contribution < -0.4 is 15.8 Å². The molecule has 1 saturated heterocycles. The van der Waals surface area contributed by atoms with Crippen molar-refractivity contribution in [1.29, 1.82) is 0 Å². The predicted octanol–water partition coefficient (Wildman–Crippen LogP) is 4.46. The largest absolute Gasteiger partial charge is 0.493 e. The molecule has 0 unspecified atom stereocenters. The van der Waals surface area contributed by atoms with E-state index >= 15 is 0 Å². The maximum absolute atomic E-state index is 14.2. The van der Waals surface area contributed by atoms with Gasteiger partial charge in [0.05, 0.1) is 24.7 Å². The molecule has 2 aliphatic rings. The lowest BCUT2D eigenvalue weighted by Crippen LogP contribution is -2.54. The van der Waals surface area contributed by atoms with Crippen LogP contribution in [0.2, 0.25) is 0 Å². The van der Waals surface area contributed by atoms with Crippen molar-refractivity contribution in [2.45, 2.75) is 57.2 Å². The van der Waals surface area contributed by atoms with E-state index in [9.17, 15) is 9.59 Å². The third-order valence-corrected chi connectivity index (χ3v) is 8.13. The molecule has 1 aliphatic heterocycles. The number of imidazole rings is 1. The van der Waals surface area contributed by atoms with Gasteiger partial charge in [-0.1, -0.05) is 36.8 Å². The van der Waals surface area contributed by atoms with Crippen LogP contribution in [0.5, 0.6) is 5.75 Å². The summed E-state index contributed by atoms with van der Waals surface area (Å²) in [5.74, 6) is 1.19. The van der Waals surface area contributed by atoms with Crippen molar-refractivity contribution in [2.24, 2.45) is 5.73 Å². The maximum atomic E-state index is 14.2. The Labute approximate surface area is 244 Å². The van der Waals surface area contributed by atoms with Crippen LogP contribution >= 0.6 is 0 Å². The molecule has 2 aromatic heterocycles. The summed E-state index contributed by atoms with van der Waals surface area (Å²) >= 11 is 0. The van der Waals surface area contributed by atoms with Gasteiger partial charge >= 0.3 is 6.09 Å². The number of nitrogens with one attached hydrogen (secondary N) is 1. The summed E-state index contributed by atoms with van der Waals surface area (Å²) in [5.41, 5.74) is 8.90. The number of oxazole rings is 1. The Morgan fingerprint density at radius 2 is 1.98 bits per heavy atom. The van der Waals surface area contributed by atoms with E-state index in [4.69, 9.17) is 19.6 Å². The molecule has 11 nitrogen and oxygen atoms in total. The van der Waals surface area contributed by atoms with Gasteiger partial charge in [-0.2, -0.15) is 0 Å². The minimum Gasteiger partial charge on any atom is -0.493 e. The van der Waals surface area contributed by atoms with Crippen molar-refractivity contribution >= 4 is 23.1 Å². The quantitative estimate of drug-likeness (QED) is 0.316. The molecule has 1 saturated carbocycles. The highest BCUT2D eigenvalue weighted by molar-refractivity contribution is 5.98. The fourth-order valence-corrected chi connectivity index (χ4v) is 6.18. The smallest absolute Gasteiger partial charge is 0.404 e. The fourth-order valence-electron chi connectivity index (χ4n) is 6.18. The number of nitrogens with zero attached hydrogens (tertiary/aromatic N) is 4. The molecule has 0 spiro atoms. The predicted molar refractivity (Wildman–Crippen MR) is 156 cm³/mol. The molecule has 220 valence electrons. The van der Waals surface area contributed by atoms with Crippen LogP contribution in [0.15, 0.2) is 59.3 Å². The Morgan fingerprint density at radius 1 is 1.14 bits per heavy atom. The second kappa shape index (κ2) is 12.2. The van der Waals surface area contributed by atoms with Gasteiger partial charge < -0.3 is 34.4 Å². The lowest BCUT2D eigenvalue weighted by Gasteiger charge is -2.36. The van der Waals surface area contributed by atoms with Gasteiger partial charge in [-0.3, -0.25) is 4.79 Å². The number of benzene rings is 2. The molecular formula is C31H36N6O5. The van der Waals surface area contributed by atoms with Crippen molar-refractivity contribution in [2.75, 3.05) is 26.2 Å². The molecule has 3 atom stereocenters. The van der Waals surface area contributed by atoms with Crippen molar-refractivity contribution in [1.82, 2.24) is 24.8 Å². The summed E-state index contributed by atoms with van der Waals surface area (Å²) < 4.78 is 19.2. The van der Waals surface area contributed by atoms with Crippen molar-refractivity contribution < 1.29 is 23.5 Å². The first-order valence-corrected chi connectivity index (χ1v) is 14.6. The van der Waals surface area contributed by atoms with Crippen LogP contribution in [0.25, 0.3) is 22.4 Å². The van der Waals surface area contributed by atoms with Crippen LogP contribution in [0.1, 0.15) is 54.5 Å². The van der Waals surface area contributed by atoms with Crippen LogP contribution in [0.3, 0.4) is 0 Å². The van der Waals surface area contributed by atoms with Gasteiger partial charge in [-0.05, 0) is 31.4 Å². The van der Waals surface area contributed by atoms with Crippen LogP contribution in [-0.2, 0) is 4.74 Å². The standard InChI is InChI=1S/C31H36N6O5/c1-20-35-24-12-11-23(17-27(24)41-20)40-16-13-22-18-33-14-15-36(22)30(38)28-29(21-7-3-2-4-8-21)37(19-34-28)25-9-5-6-10-26(25)42-31(32)39/h2-4,7-8,11-12,17,19,22,25-26,33H,5-6,9-10,13-16,18H2,1H3,(H2,32,39)/t22-,25+,26+/m1/s1. The van der Waals surface area contributed by atoms with Gasteiger partial charge in [0.25, 0.3) is 5.91 Å². The number of hydrogen-bond acceptors (Lipinski definition) is 8. The molecule has 4 aromatic rings. The van der Waals surface area contributed by atoms with Gasteiger partial charge in [0.15, 0.2) is 17.2 Å². The monoisotopic (exact) mass is 572 g/mol. The number of fused-ring (bicyclic) bond motifs is 1. The number of piperazine rings is 1. The van der Waals surface area contributed by atoms with Gasteiger partial charge in [0.2, 0.25) is 0 Å². The summed E-state index contributed by atoms with van der Waals surface area (Å²) in [7, 11) is 0. The first-order chi connectivity index (χ1) is 20.5. The Balaban J connectivity index is 1.23. The summed E-state index contributed by atoms with van der Waals surface area (Å²) in [6.45, 7) is 4.17. The van der Waals surface area contributed by atoms with Gasteiger partial charge in [0.1, 0.15) is 17.4 Å². The normalized spacial score (nSPS) is 20.9. The molecular weight excluding hydrogens is 536 g/mol. The summed E-state index contributed by atoms with van der Waals surface area (Å²) in [4.78, 5) is 36.8. The lowest BCUT2D eigenvalue weighted by molar-refractivity contribution is 0.0475. The Bertz CT molecular complexity index is 1550. The third-order valence-electron chi connectivity index (χ3n) is 8.13. The highest BCUT2D eigenvalue weighted by Crippen LogP contribution is 2.36. The number of aromatic nitrogens is 3. The highest BCUT2D eigenvalue weighted by atomic mass is 16.6. The van der Waals surface area contributed by atoms with Gasteiger partial charge in [-0.15, -0.1) is 0 Å². The topological polar surface area (TPSA) is 138 Å². The Morgan fingerprint density at radius 3 is 2.81 bits per heavy atom. The molecule has 11 heteroatoms. The molecule has 0 bridgehead atoms. The Kier molecular flexibility index (Phi) is 8.09. The molecule has 0 radical (unpaired) electrons. The van der Waals surface area contributed by atoms with Crippen molar-refractivity contribution in [3.8, 4) is 17.0 Å². The SMILES string of the molecule is Cc1nc2ccc(OCC[C@@H]3CNCCN3C(=O)c3ncn([C@H]4CCCC[C@@H]4OC(N)=O)c3-c3ccccc3)cc2o1. The maximum Gasteiger partial charge on any atom is 0.404 e. The first kappa shape index (κ1) is 27.8. The van der Waals surface area contributed by atoms with Crippen LogP contribution in [0, 0.1) is 6.92 Å². The Hall–Kier alpha value is -4.38. The zero-order chi connectivity index (χ0) is 29.1. The number of rotatable bonds is 8. The van der Waals surface area contributed by atoms with Gasteiger partial charge in [-0.25, -0.2) is 14.8 Å². The van der Waals surface area contributed by atoms with E-state index in [1.165, 1.54) is 0 Å². The van der Waals surface area contributed by atoms with Crippen LogP contribution in [0.4, 0.5) is 4.79 Å². The summed E-state index contributed by atoms with van der Waals surface area (Å²) in [5, 5.41) is 3.42. The first-order valence-electron chi connectivity index (χ1n) is 14.6. The number of hydrogen-bond donors (Lipinski definition) is 2. The average molecular weight is 573 g/mol. The van der Waals surface area contributed by atoms with E-state index in [0.717, 1.165) is 36.0 Å². The van der Waals surface area contributed by atoms with Crippen LogP contribution in [-0.4, -0.2) is 69.8 Å². The van der Waals surface area contributed by atoms with Crippen molar-refractivity contribution in [3.05, 3.63) is 66.4 Å². The zero-order valence-corrected chi connectivity index (χ0v) is 23.7. The number of aryl methyl sites for hydroxylation is 1. The molecule has 42 heavy (non-hydrogen) atoms. The van der Waals surface area contributed by atoms with E-state index in [2.05, 4.69) is 15.3 Å². The van der Waals surface area contributed by atoms with Gasteiger partial charge in [0, 0.05) is 50.7 Å². The number of carbonyl (C=O) groups excluding carboxylic acids is 2. The lowest BCUT2D eigenvalue weighted by atomic mass is 9.91. The minimum atomic E-state index is -0.786. The summed E-state index contributed by atoms with van der Waals surface area (Å²) in [6, 6.07) is 15.2. The molecule has 3 heterocycles. The van der Waals surface area contributed by atoms with Crippen molar-refractivity contribution in [3.63, 3.8) is 0 Å². The molecule has 2 fully saturated rings. The highest BCUT2D eigenvalue weighted by Gasteiger charge is 2.35.